The number of hydrogen-bond donors (Lipinski definition) is 2. The number of urea groups is 1. The molecule has 0 aliphatic rings. The highest BCUT2D eigenvalue weighted by atomic mass is 32.2. The molecule has 0 aromatic heterocycles. The molecule has 30 heavy (non-hydrogen) atoms. The summed E-state index contributed by atoms with van der Waals surface area (Å²) in [6, 6.07) is 5.81. The SMILES string of the molecule is CCOC(=O)CNC(=O)NCCC(C)(C)CN(CC)S(=O)(=O)c1ccc(OC)cc1. The summed E-state index contributed by atoms with van der Waals surface area (Å²) in [5.74, 6) is 0.0833. The molecule has 0 aliphatic heterocycles. The quantitative estimate of drug-likeness (QED) is 0.478. The number of ether oxygens (including phenoxy) is 2. The molecular formula is C20H33N3O6S. The van der Waals surface area contributed by atoms with E-state index in [1.807, 2.05) is 13.8 Å². The maximum absolute atomic E-state index is 13.0. The van der Waals surface area contributed by atoms with E-state index in [0.717, 1.165) is 0 Å². The number of sulfonamides is 1. The summed E-state index contributed by atoms with van der Waals surface area (Å²) in [5.41, 5.74) is -0.385. The van der Waals surface area contributed by atoms with Crippen molar-refractivity contribution in [1.29, 1.82) is 0 Å². The van der Waals surface area contributed by atoms with Crippen molar-refractivity contribution < 1.29 is 27.5 Å². The summed E-state index contributed by atoms with van der Waals surface area (Å²) in [6.07, 6.45) is 0.550. The van der Waals surface area contributed by atoms with Crippen LogP contribution in [0.1, 0.15) is 34.1 Å². The Bertz CT molecular complexity index is 793. The van der Waals surface area contributed by atoms with Gasteiger partial charge in [0.1, 0.15) is 12.3 Å². The summed E-state index contributed by atoms with van der Waals surface area (Å²) < 4.78 is 37.2. The second-order valence-electron chi connectivity index (χ2n) is 7.44. The molecule has 170 valence electrons. The first-order valence-corrected chi connectivity index (χ1v) is 11.3. The second-order valence-corrected chi connectivity index (χ2v) is 9.37. The lowest BCUT2D eigenvalue weighted by Gasteiger charge is -2.31. The third-order valence-electron chi connectivity index (χ3n) is 4.44. The summed E-state index contributed by atoms with van der Waals surface area (Å²) in [7, 11) is -2.12. The number of carbonyl (C=O) groups is 2. The summed E-state index contributed by atoms with van der Waals surface area (Å²) in [4.78, 5) is 23.2. The lowest BCUT2D eigenvalue weighted by molar-refractivity contribution is -0.141. The van der Waals surface area contributed by atoms with Crippen molar-refractivity contribution in [3.63, 3.8) is 0 Å². The van der Waals surface area contributed by atoms with E-state index in [1.165, 1.54) is 23.5 Å². The van der Waals surface area contributed by atoms with Crippen molar-refractivity contribution in [2.75, 3.05) is 39.9 Å². The molecule has 0 radical (unpaired) electrons. The van der Waals surface area contributed by atoms with Gasteiger partial charge in [0.05, 0.1) is 18.6 Å². The molecule has 0 aliphatic carbocycles. The van der Waals surface area contributed by atoms with Gasteiger partial charge in [-0.15, -0.1) is 0 Å². The van der Waals surface area contributed by atoms with Gasteiger partial charge in [-0.25, -0.2) is 13.2 Å². The average molecular weight is 444 g/mol. The number of nitrogens with one attached hydrogen (secondary N) is 2. The predicted octanol–water partition coefficient (Wildman–Crippen LogP) is 1.98. The molecule has 0 fully saturated rings. The van der Waals surface area contributed by atoms with Crippen molar-refractivity contribution in [2.45, 2.75) is 39.0 Å². The smallest absolute Gasteiger partial charge is 0.325 e. The molecule has 0 spiro atoms. The number of methoxy groups -OCH3 is 1. The summed E-state index contributed by atoms with van der Waals surface area (Å²) in [5, 5.41) is 5.09. The van der Waals surface area contributed by atoms with Crippen LogP contribution in [0.25, 0.3) is 0 Å². The predicted molar refractivity (Wildman–Crippen MR) is 114 cm³/mol. The Balaban J connectivity index is 2.62. The minimum Gasteiger partial charge on any atom is -0.497 e. The van der Waals surface area contributed by atoms with Crippen LogP contribution >= 0.6 is 0 Å². The first-order chi connectivity index (χ1) is 14.1. The zero-order valence-corrected chi connectivity index (χ0v) is 19.2. The largest absolute Gasteiger partial charge is 0.497 e. The Morgan fingerprint density at radius 3 is 2.27 bits per heavy atom. The van der Waals surface area contributed by atoms with Crippen LogP contribution in [0.2, 0.25) is 0 Å². The lowest BCUT2D eigenvalue weighted by atomic mass is 9.89. The monoisotopic (exact) mass is 443 g/mol. The first-order valence-electron chi connectivity index (χ1n) is 9.87. The minimum absolute atomic E-state index is 0.202. The van der Waals surface area contributed by atoms with Crippen molar-refractivity contribution in [1.82, 2.24) is 14.9 Å². The van der Waals surface area contributed by atoms with E-state index in [0.29, 0.717) is 31.8 Å². The fraction of sp³-hybridized carbons (Fsp3) is 0.600. The average Bonchev–Trinajstić information content (AvgIpc) is 2.70. The van der Waals surface area contributed by atoms with Gasteiger partial charge in [0, 0.05) is 19.6 Å². The molecule has 1 aromatic rings. The zero-order chi connectivity index (χ0) is 22.8. The Kier molecular flexibility index (Phi) is 10.1. The standard InChI is InChI=1S/C20H33N3O6S/c1-6-23(30(26,27)17-10-8-16(28-5)9-11-17)15-20(3,4)12-13-21-19(25)22-14-18(24)29-7-2/h8-11H,6-7,12-15H2,1-5H3,(H2,21,22,25). The molecule has 2 N–H and O–H groups in total. The number of carbonyl (C=O) groups excluding carboxylic acids is 2. The molecule has 2 amide bonds. The van der Waals surface area contributed by atoms with Crippen LogP contribution in [0.3, 0.4) is 0 Å². The van der Waals surface area contributed by atoms with E-state index < -0.39 is 22.0 Å². The fourth-order valence-electron chi connectivity index (χ4n) is 2.76. The molecule has 0 saturated carbocycles. The van der Waals surface area contributed by atoms with E-state index >= 15 is 0 Å². The second kappa shape index (κ2) is 11.8. The number of benzene rings is 1. The Morgan fingerprint density at radius 1 is 1.10 bits per heavy atom. The third kappa shape index (κ3) is 8.19. The highest BCUT2D eigenvalue weighted by Gasteiger charge is 2.29. The molecule has 0 unspecified atom stereocenters. The maximum Gasteiger partial charge on any atom is 0.325 e. The van der Waals surface area contributed by atoms with Crippen LogP contribution in [-0.4, -0.2) is 64.6 Å². The Morgan fingerprint density at radius 2 is 1.73 bits per heavy atom. The molecule has 1 aromatic carbocycles. The third-order valence-corrected chi connectivity index (χ3v) is 6.38. The van der Waals surface area contributed by atoms with E-state index in [4.69, 9.17) is 9.47 Å². The van der Waals surface area contributed by atoms with E-state index in [2.05, 4.69) is 10.6 Å². The number of nitrogens with zero attached hydrogens (tertiary/aromatic N) is 1. The van der Waals surface area contributed by atoms with E-state index in [-0.39, 0.29) is 23.5 Å². The van der Waals surface area contributed by atoms with Crippen LogP contribution in [0.5, 0.6) is 5.75 Å². The van der Waals surface area contributed by atoms with Gasteiger partial charge in [-0.05, 0) is 43.0 Å². The van der Waals surface area contributed by atoms with E-state index in [1.54, 1.807) is 26.0 Å². The van der Waals surface area contributed by atoms with Gasteiger partial charge in [0.25, 0.3) is 0 Å². The van der Waals surface area contributed by atoms with Crippen molar-refractivity contribution in [3.05, 3.63) is 24.3 Å². The highest BCUT2D eigenvalue weighted by Crippen LogP contribution is 2.26. The molecule has 0 bridgehead atoms. The van der Waals surface area contributed by atoms with Crippen molar-refractivity contribution in [2.24, 2.45) is 5.41 Å². The van der Waals surface area contributed by atoms with Crippen LogP contribution < -0.4 is 15.4 Å². The Hall–Kier alpha value is -2.33. The van der Waals surface area contributed by atoms with Gasteiger partial charge in [0.15, 0.2) is 0 Å². The number of rotatable bonds is 12. The normalized spacial score (nSPS) is 11.8. The highest BCUT2D eigenvalue weighted by molar-refractivity contribution is 7.89. The number of amides is 2. The molecule has 0 heterocycles. The van der Waals surface area contributed by atoms with Gasteiger partial charge < -0.3 is 20.1 Å². The van der Waals surface area contributed by atoms with Crippen LogP contribution in [-0.2, 0) is 19.6 Å². The van der Waals surface area contributed by atoms with Crippen molar-refractivity contribution in [3.8, 4) is 5.75 Å². The van der Waals surface area contributed by atoms with Gasteiger partial charge in [-0.2, -0.15) is 4.31 Å². The summed E-state index contributed by atoms with van der Waals surface area (Å²) in [6.45, 7) is 8.37. The van der Waals surface area contributed by atoms with Crippen LogP contribution in [0.15, 0.2) is 29.2 Å². The molecule has 1 rings (SSSR count). The van der Waals surface area contributed by atoms with Gasteiger partial charge in [0.2, 0.25) is 10.0 Å². The van der Waals surface area contributed by atoms with Gasteiger partial charge >= 0.3 is 12.0 Å². The molecule has 0 atom stereocenters. The van der Waals surface area contributed by atoms with E-state index in [9.17, 15) is 18.0 Å². The first kappa shape index (κ1) is 25.7. The van der Waals surface area contributed by atoms with Crippen molar-refractivity contribution >= 4 is 22.0 Å². The van der Waals surface area contributed by atoms with Gasteiger partial charge in [-0.3, -0.25) is 4.79 Å². The molecule has 0 saturated heterocycles. The van der Waals surface area contributed by atoms with Crippen LogP contribution in [0.4, 0.5) is 4.79 Å². The van der Waals surface area contributed by atoms with Gasteiger partial charge in [-0.1, -0.05) is 20.8 Å². The maximum atomic E-state index is 13.0. The number of esters is 1. The fourth-order valence-corrected chi connectivity index (χ4v) is 4.40. The Labute approximate surface area is 179 Å². The topological polar surface area (TPSA) is 114 Å². The summed E-state index contributed by atoms with van der Waals surface area (Å²) >= 11 is 0. The molecular weight excluding hydrogens is 410 g/mol. The zero-order valence-electron chi connectivity index (χ0n) is 18.4. The van der Waals surface area contributed by atoms with Crippen LogP contribution in [0, 0.1) is 5.41 Å². The lowest BCUT2D eigenvalue weighted by Crippen LogP contribution is -2.42. The molecule has 10 heteroatoms. The molecule has 9 nitrogen and oxygen atoms in total. The minimum atomic E-state index is -3.65. The number of hydrogen-bond acceptors (Lipinski definition) is 6.